The Labute approximate surface area is 224 Å². The first kappa shape index (κ1) is 27.7. The van der Waals surface area contributed by atoms with E-state index >= 15 is 0 Å². The average molecular weight is 537 g/mol. The normalized spacial score (nSPS) is 16.4. The van der Waals surface area contributed by atoms with Crippen LogP contribution >= 0.6 is 36.2 Å². The third kappa shape index (κ3) is 6.85. The van der Waals surface area contributed by atoms with Crippen molar-refractivity contribution in [2.75, 3.05) is 32.0 Å². The van der Waals surface area contributed by atoms with E-state index in [0.717, 1.165) is 63.5 Å². The molecule has 0 bridgehead atoms. The van der Waals surface area contributed by atoms with E-state index in [-0.39, 0.29) is 30.7 Å². The Morgan fingerprint density at radius 2 is 1.94 bits per heavy atom. The number of anilines is 1. The van der Waals surface area contributed by atoms with Crippen molar-refractivity contribution in [3.63, 3.8) is 0 Å². The van der Waals surface area contributed by atoms with Gasteiger partial charge < -0.3 is 15.5 Å². The standard InChI is InChI=1S/C26H33N5OS.2ClH/c1-17-16-28-26(27-12-4-5-18-10-13-31(2)14-11-18)30-24(17)23-15-21-20(6-3-7-22(21)33-23)25(32)29-19-8-9-19;;/h3,6-7,15-16,18-19H,4-5,8-14H2,1-2H3,(H,29,32)(H,27,28,30);2*1H. The van der Waals surface area contributed by atoms with Gasteiger partial charge in [-0.15, -0.1) is 36.2 Å². The molecule has 2 N–H and O–H groups in total. The van der Waals surface area contributed by atoms with Gasteiger partial charge in [-0.05, 0) is 95.3 Å². The van der Waals surface area contributed by atoms with Crippen LogP contribution in [0.2, 0.25) is 0 Å². The lowest BCUT2D eigenvalue weighted by atomic mass is 9.92. The van der Waals surface area contributed by atoms with Crippen LogP contribution in [0.25, 0.3) is 20.7 Å². The number of thiophene rings is 1. The summed E-state index contributed by atoms with van der Waals surface area (Å²) in [7, 11) is 2.21. The fraction of sp³-hybridized carbons (Fsp3) is 0.500. The Kier molecular flexibility index (Phi) is 9.76. The molecule has 0 atom stereocenters. The van der Waals surface area contributed by atoms with Gasteiger partial charge in [0.25, 0.3) is 5.91 Å². The summed E-state index contributed by atoms with van der Waals surface area (Å²) < 4.78 is 1.11. The second-order valence-electron chi connectivity index (χ2n) is 9.62. The number of fused-ring (bicyclic) bond motifs is 1. The van der Waals surface area contributed by atoms with Crippen LogP contribution in [0.1, 0.15) is 54.4 Å². The number of nitrogens with one attached hydrogen (secondary N) is 2. The molecule has 1 saturated carbocycles. The van der Waals surface area contributed by atoms with Crippen molar-refractivity contribution in [1.82, 2.24) is 20.2 Å². The van der Waals surface area contributed by atoms with Crippen LogP contribution in [-0.4, -0.2) is 53.5 Å². The average Bonchev–Trinajstić information content (AvgIpc) is 3.52. The Hall–Kier alpha value is -1.93. The van der Waals surface area contributed by atoms with Crippen molar-refractivity contribution in [3.8, 4) is 10.6 Å². The van der Waals surface area contributed by atoms with Gasteiger partial charge in [0.05, 0.1) is 10.6 Å². The number of carbonyl (C=O) groups is 1. The smallest absolute Gasteiger partial charge is 0.252 e. The Bertz CT molecular complexity index is 1140. The molecular weight excluding hydrogens is 501 g/mol. The highest BCUT2D eigenvalue weighted by Crippen LogP contribution is 2.36. The van der Waals surface area contributed by atoms with E-state index in [1.807, 2.05) is 25.3 Å². The molecule has 190 valence electrons. The van der Waals surface area contributed by atoms with Crippen LogP contribution in [-0.2, 0) is 0 Å². The Balaban J connectivity index is 0.00000171. The second kappa shape index (κ2) is 12.3. The summed E-state index contributed by atoms with van der Waals surface area (Å²) in [6, 6.07) is 8.43. The highest BCUT2D eigenvalue weighted by molar-refractivity contribution is 7.22. The van der Waals surface area contributed by atoms with E-state index in [0.29, 0.717) is 12.0 Å². The maximum Gasteiger partial charge on any atom is 0.252 e. The molecule has 2 aromatic heterocycles. The molecule has 1 aliphatic carbocycles. The predicted molar refractivity (Wildman–Crippen MR) is 151 cm³/mol. The van der Waals surface area contributed by atoms with Gasteiger partial charge in [-0.2, -0.15) is 0 Å². The topological polar surface area (TPSA) is 70.2 Å². The molecule has 2 aliphatic rings. The van der Waals surface area contributed by atoms with E-state index in [1.165, 1.54) is 32.4 Å². The molecule has 1 amide bonds. The maximum atomic E-state index is 12.7. The zero-order chi connectivity index (χ0) is 22.8. The molecule has 1 aliphatic heterocycles. The number of nitrogens with zero attached hydrogens (tertiary/aromatic N) is 3. The van der Waals surface area contributed by atoms with Crippen LogP contribution in [0.5, 0.6) is 0 Å². The van der Waals surface area contributed by atoms with E-state index < -0.39 is 0 Å². The second-order valence-corrected chi connectivity index (χ2v) is 10.7. The number of amides is 1. The summed E-state index contributed by atoms with van der Waals surface area (Å²) in [4.78, 5) is 25.6. The number of likely N-dealkylation sites (tertiary alicyclic amines) is 1. The molecule has 0 unspecified atom stereocenters. The number of rotatable bonds is 8. The van der Waals surface area contributed by atoms with Crippen LogP contribution in [0, 0.1) is 12.8 Å². The van der Waals surface area contributed by atoms with Crippen molar-refractivity contribution in [2.24, 2.45) is 5.92 Å². The lowest BCUT2D eigenvalue weighted by molar-refractivity contribution is 0.0953. The highest BCUT2D eigenvalue weighted by atomic mass is 35.5. The SMILES string of the molecule is Cc1cnc(NCCCC2CCN(C)CC2)nc1-c1cc2c(C(=O)NC3CC3)cccc2s1.Cl.Cl. The molecule has 1 saturated heterocycles. The van der Waals surface area contributed by atoms with E-state index in [9.17, 15) is 4.79 Å². The fourth-order valence-corrected chi connectivity index (χ4v) is 5.73. The number of aromatic nitrogens is 2. The third-order valence-corrected chi connectivity index (χ3v) is 7.94. The monoisotopic (exact) mass is 535 g/mol. The van der Waals surface area contributed by atoms with E-state index in [1.54, 1.807) is 11.3 Å². The van der Waals surface area contributed by atoms with Gasteiger partial charge in [-0.1, -0.05) is 6.07 Å². The summed E-state index contributed by atoms with van der Waals surface area (Å²) in [6.07, 6.45) is 9.11. The number of aryl methyl sites for hydroxylation is 1. The molecule has 35 heavy (non-hydrogen) atoms. The highest BCUT2D eigenvalue weighted by Gasteiger charge is 2.25. The molecule has 6 nitrogen and oxygen atoms in total. The van der Waals surface area contributed by atoms with Gasteiger partial charge in [0.2, 0.25) is 5.95 Å². The summed E-state index contributed by atoms with van der Waals surface area (Å²) in [5.41, 5.74) is 2.74. The van der Waals surface area contributed by atoms with Crippen molar-refractivity contribution in [1.29, 1.82) is 0 Å². The lowest BCUT2D eigenvalue weighted by Crippen LogP contribution is -2.30. The van der Waals surface area contributed by atoms with Crippen LogP contribution < -0.4 is 10.6 Å². The molecular formula is C26H35Cl2N5OS. The quantitative estimate of drug-likeness (QED) is 0.349. The molecule has 0 spiro atoms. The lowest BCUT2D eigenvalue weighted by Gasteiger charge is -2.28. The number of benzene rings is 1. The summed E-state index contributed by atoms with van der Waals surface area (Å²) in [6.45, 7) is 5.39. The predicted octanol–water partition coefficient (Wildman–Crippen LogP) is 5.94. The number of hydrogen-bond acceptors (Lipinski definition) is 6. The van der Waals surface area contributed by atoms with Gasteiger partial charge in [-0.3, -0.25) is 4.79 Å². The largest absolute Gasteiger partial charge is 0.354 e. The number of halogens is 2. The first-order valence-electron chi connectivity index (χ1n) is 12.2. The molecule has 0 radical (unpaired) electrons. The molecule has 9 heteroatoms. The van der Waals surface area contributed by atoms with Crippen LogP contribution in [0.3, 0.4) is 0 Å². The Morgan fingerprint density at radius 1 is 1.17 bits per heavy atom. The molecule has 3 aromatic rings. The van der Waals surface area contributed by atoms with Gasteiger partial charge in [-0.25, -0.2) is 9.97 Å². The van der Waals surface area contributed by atoms with Crippen molar-refractivity contribution in [3.05, 3.63) is 41.6 Å². The van der Waals surface area contributed by atoms with Gasteiger partial charge in [0, 0.05) is 34.4 Å². The van der Waals surface area contributed by atoms with Crippen molar-refractivity contribution >= 4 is 58.1 Å². The summed E-state index contributed by atoms with van der Waals surface area (Å²) in [5.74, 6) is 1.56. The molecule has 2 fully saturated rings. The minimum absolute atomic E-state index is 0. The number of piperidine rings is 1. The summed E-state index contributed by atoms with van der Waals surface area (Å²) in [5, 5.41) is 7.55. The maximum absolute atomic E-state index is 12.7. The number of carbonyl (C=O) groups excluding carboxylic acids is 1. The Morgan fingerprint density at radius 3 is 2.69 bits per heavy atom. The zero-order valence-electron chi connectivity index (χ0n) is 20.4. The zero-order valence-corrected chi connectivity index (χ0v) is 22.8. The minimum atomic E-state index is 0. The fourth-order valence-electron chi connectivity index (χ4n) is 4.58. The number of hydrogen-bond donors (Lipinski definition) is 2. The van der Waals surface area contributed by atoms with E-state index in [2.05, 4.69) is 39.7 Å². The van der Waals surface area contributed by atoms with Crippen molar-refractivity contribution in [2.45, 2.75) is 51.5 Å². The summed E-state index contributed by atoms with van der Waals surface area (Å²) >= 11 is 1.68. The van der Waals surface area contributed by atoms with Crippen LogP contribution in [0.15, 0.2) is 30.5 Å². The van der Waals surface area contributed by atoms with Crippen LogP contribution in [0.4, 0.5) is 5.95 Å². The van der Waals surface area contributed by atoms with Crippen molar-refractivity contribution < 1.29 is 4.79 Å². The van der Waals surface area contributed by atoms with Gasteiger partial charge >= 0.3 is 0 Å². The van der Waals surface area contributed by atoms with Gasteiger partial charge in [0.1, 0.15) is 0 Å². The first-order valence-corrected chi connectivity index (χ1v) is 13.0. The molecule has 3 heterocycles. The van der Waals surface area contributed by atoms with Gasteiger partial charge in [0.15, 0.2) is 0 Å². The van der Waals surface area contributed by atoms with E-state index in [4.69, 9.17) is 4.98 Å². The molecule has 5 rings (SSSR count). The third-order valence-electron chi connectivity index (χ3n) is 6.83. The minimum Gasteiger partial charge on any atom is -0.354 e. The first-order chi connectivity index (χ1) is 16.1. The molecule has 1 aromatic carbocycles.